The molecule has 96 valence electrons. The van der Waals surface area contributed by atoms with E-state index in [1.54, 1.807) is 0 Å². The van der Waals surface area contributed by atoms with Gasteiger partial charge in [-0.1, -0.05) is 22.6 Å². The number of ether oxygens (including phenoxy) is 2. The monoisotopic (exact) mass is 346 g/mol. The molecule has 1 N–H and O–H groups in total. The van der Waals surface area contributed by atoms with Gasteiger partial charge in [0.1, 0.15) is 6.54 Å². The molecule has 0 aliphatic rings. The van der Waals surface area contributed by atoms with Gasteiger partial charge < -0.3 is 19.1 Å². The molecule has 0 aromatic carbocycles. The summed E-state index contributed by atoms with van der Waals surface area (Å²) in [6.45, 7) is 3.31. The van der Waals surface area contributed by atoms with Gasteiger partial charge in [0.25, 0.3) is 0 Å². The quantitative estimate of drug-likeness (QED) is 0.273. The lowest BCUT2D eigenvalue weighted by Crippen LogP contribution is -2.46. The molecule has 0 aromatic heterocycles. The number of hydrogen-bond acceptors (Lipinski definition) is 3. The lowest BCUT2D eigenvalue weighted by Gasteiger charge is -2.27. The summed E-state index contributed by atoms with van der Waals surface area (Å²) in [5.74, 6) is -0.782. The number of carboxylic acids is 1. The summed E-state index contributed by atoms with van der Waals surface area (Å²) in [6, 6.07) is 0. The molecule has 0 aliphatic carbocycles. The molecule has 0 atom stereocenters. The second-order valence-corrected chi connectivity index (χ2v) is 5.20. The van der Waals surface area contributed by atoms with E-state index in [-0.39, 0.29) is 6.54 Å². The van der Waals surface area contributed by atoms with Crippen molar-refractivity contribution in [1.82, 2.24) is 0 Å². The molecule has 0 amide bonds. The van der Waals surface area contributed by atoms with E-state index in [1.165, 1.54) is 0 Å². The summed E-state index contributed by atoms with van der Waals surface area (Å²) in [7, 11) is 3.76. The van der Waals surface area contributed by atoms with E-state index in [0.29, 0.717) is 30.8 Å². The van der Waals surface area contributed by atoms with Crippen LogP contribution in [0.15, 0.2) is 0 Å². The molecule has 0 heterocycles. The summed E-state index contributed by atoms with van der Waals surface area (Å²) < 4.78 is 12.0. The highest BCUT2D eigenvalue weighted by molar-refractivity contribution is 14.1. The zero-order chi connectivity index (χ0) is 12.4. The number of quaternary nitrogens is 1. The number of aliphatic carboxylic acids is 1. The van der Waals surface area contributed by atoms with E-state index in [1.807, 2.05) is 14.1 Å². The van der Waals surface area contributed by atoms with Gasteiger partial charge in [0.05, 0.1) is 40.5 Å². The molecule has 5 nitrogen and oxygen atoms in total. The minimum absolute atomic E-state index is 0.120. The Kier molecular flexibility index (Phi) is 9.19. The minimum atomic E-state index is -0.782. The average Bonchev–Trinajstić information content (AvgIpc) is 2.14. The van der Waals surface area contributed by atoms with Gasteiger partial charge in [0.15, 0.2) is 6.54 Å². The van der Waals surface area contributed by atoms with Crippen LogP contribution < -0.4 is 0 Å². The molecular weight excluding hydrogens is 325 g/mol. The van der Waals surface area contributed by atoms with Gasteiger partial charge in [0, 0.05) is 4.43 Å². The van der Waals surface area contributed by atoms with Crippen molar-refractivity contribution in [3.05, 3.63) is 0 Å². The Labute approximate surface area is 110 Å². The van der Waals surface area contributed by atoms with Crippen LogP contribution >= 0.6 is 22.6 Å². The van der Waals surface area contributed by atoms with Crippen LogP contribution in [-0.4, -0.2) is 73.6 Å². The van der Waals surface area contributed by atoms with Crippen LogP contribution in [0.5, 0.6) is 0 Å². The lowest BCUT2D eigenvalue weighted by atomic mass is 10.4. The molecule has 0 spiro atoms. The molecule has 0 saturated carbocycles. The summed E-state index contributed by atoms with van der Waals surface area (Å²) in [6.07, 6.45) is 0. The van der Waals surface area contributed by atoms with Crippen LogP contribution in [0.3, 0.4) is 0 Å². The molecule has 0 aromatic rings. The maximum Gasteiger partial charge on any atom is 0.359 e. The maximum atomic E-state index is 10.5. The second kappa shape index (κ2) is 9.15. The number of nitrogens with zero attached hydrogens (tertiary/aromatic N) is 1. The molecular formula is C10H21INO4+. The zero-order valence-electron chi connectivity index (χ0n) is 9.95. The van der Waals surface area contributed by atoms with Crippen molar-refractivity contribution in [2.45, 2.75) is 0 Å². The van der Waals surface area contributed by atoms with Gasteiger partial charge in [-0.05, 0) is 0 Å². The molecule has 0 fully saturated rings. The minimum Gasteiger partial charge on any atom is -0.477 e. The highest BCUT2D eigenvalue weighted by atomic mass is 127. The molecule has 16 heavy (non-hydrogen) atoms. The van der Waals surface area contributed by atoms with E-state index < -0.39 is 5.97 Å². The number of carboxylic acid groups (broad SMARTS) is 1. The van der Waals surface area contributed by atoms with Crippen LogP contribution in [0.4, 0.5) is 0 Å². The Hall–Kier alpha value is 0.0800. The molecule has 0 aliphatic heterocycles. The summed E-state index contributed by atoms with van der Waals surface area (Å²) in [5.41, 5.74) is 0. The van der Waals surface area contributed by atoms with Crippen LogP contribution in [0.2, 0.25) is 0 Å². The topological polar surface area (TPSA) is 55.8 Å². The third-order valence-corrected chi connectivity index (χ3v) is 2.44. The highest BCUT2D eigenvalue weighted by Gasteiger charge is 2.18. The van der Waals surface area contributed by atoms with Gasteiger partial charge in [-0.3, -0.25) is 0 Å². The zero-order valence-corrected chi connectivity index (χ0v) is 12.1. The van der Waals surface area contributed by atoms with Crippen LogP contribution in [-0.2, 0) is 14.3 Å². The number of carbonyl (C=O) groups is 1. The fraction of sp³-hybridized carbons (Fsp3) is 0.900. The Balaban J connectivity index is 3.39. The number of halogens is 1. The van der Waals surface area contributed by atoms with E-state index >= 15 is 0 Å². The Morgan fingerprint density at radius 3 is 2.25 bits per heavy atom. The molecule has 6 heteroatoms. The predicted molar refractivity (Wildman–Crippen MR) is 70.0 cm³/mol. The highest BCUT2D eigenvalue weighted by Crippen LogP contribution is 1.96. The number of hydrogen-bond donors (Lipinski definition) is 1. The molecule has 0 saturated heterocycles. The molecule has 0 rings (SSSR count). The van der Waals surface area contributed by atoms with Crippen LogP contribution in [0.25, 0.3) is 0 Å². The molecule has 0 radical (unpaired) electrons. The van der Waals surface area contributed by atoms with Crippen molar-refractivity contribution in [3.8, 4) is 0 Å². The number of rotatable bonds is 10. The van der Waals surface area contributed by atoms with E-state index in [2.05, 4.69) is 22.6 Å². The number of alkyl halides is 1. The van der Waals surface area contributed by atoms with Crippen LogP contribution in [0, 0.1) is 0 Å². The number of likely N-dealkylation sites (N-methyl/N-ethyl adjacent to an activating group) is 1. The van der Waals surface area contributed by atoms with Gasteiger partial charge in [-0.2, -0.15) is 0 Å². The third kappa shape index (κ3) is 10.6. The third-order valence-electron chi connectivity index (χ3n) is 2.00. The fourth-order valence-electron chi connectivity index (χ4n) is 1.13. The van der Waals surface area contributed by atoms with Crippen molar-refractivity contribution < 1.29 is 23.9 Å². The Morgan fingerprint density at radius 2 is 1.75 bits per heavy atom. The summed E-state index contributed by atoms with van der Waals surface area (Å²) in [4.78, 5) is 10.5. The van der Waals surface area contributed by atoms with Crippen molar-refractivity contribution in [1.29, 1.82) is 0 Å². The van der Waals surface area contributed by atoms with Gasteiger partial charge >= 0.3 is 5.97 Å². The summed E-state index contributed by atoms with van der Waals surface area (Å²) >= 11 is 2.25. The summed E-state index contributed by atoms with van der Waals surface area (Å²) in [5, 5.41) is 8.67. The van der Waals surface area contributed by atoms with Crippen LogP contribution in [0.1, 0.15) is 0 Å². The normalized spacial score (nSPS) is 11.7. The standard InChI is InChI=1S/C10H20INO4/c1-12(2,9-10(13)14)4-6-16-8-7-15-5-3-11/h3-9H2,1-2H3/p+1. The Morgan fingerprint density at radius 1 is 1.19 bits per heavy atom. The van der Waals surface area contributed by atoms with Crippen molar-refractivity contribution in [3.63, 3.8) is 0 Å². The van der Waals surface area contributed by atoms with E-state index in [0.717, 1.165) is 11.0 Å². The predicted octanol–water partition coefficient (Wildman–Crippen LogP) is 0.616. The maximum absolute atomic E-state index is 10.5. The first-order valence-corrected chi connectivity index (χ1v) is 6.76. The largest absolute Gasteiger partial charge is 0.477 e. The van der Waals surface area contributed by atoms with Gasteiger partial charge in [-0.25, -0.2) is 4.79 Å². The average molecular weight is 346 g/mol. The second-order valence-electron chi connectivity index (χ2n) is 4.12. The van der Waals surface area contributed by atoms with E-state index in [9.17, 15) is 4.79 Å². The molecule has 0 bridgehead atoms. The van der Waals surface area contributed by atoms with Gasteiger partial charge in [-0.15, -0.1) is 0 Å². The molecule has 0 unspecified atom stereocenters. The van der Waals surface area contributed by atoms with E-state index in [4.69, 9.17) is 14.6 Å². The first-order chi connectivity index (χ1) is 7.48. The lowest BCUT2D eigenvalue weighted by molar-refractivity contribution is -0.883. The fourth-order valence-corrected chi connectivity index (χ4v) is 1.44. The smallest absolute Gasteiger partial charge is 0.359 e. The first-order valence-electron chi connectivity index (χ1n) is 5.23. The van der Waals surface area contributed by atoms with Crippen molar-refractivity contribution in [2.75, 3.05) is 58.0 Å². The van der Waals surface area contributed by atoms with Gasteiger partial charge in [0.2, 0.25) is 0 Å². The van der Waals surface area contributed by atoms with Crippen molar-refractivity contribution in [2.24, 2.45) is 0 Å². The first kappa shape index (κ1) is 16.1. The Bertz CT molecular complexity index is 199. The van der Waals surface area contributed by atoms with Crippen molar-refractivity contribution >= 4 is 28.6 Å². The SMILES string of the molecule is C[N+](C)(CCOCCOCCI)CC(=O)O.